The van der Waals surface area contributed by atoms with Crippen LogP contribution in [0.3, 0.4) is 0 Å². The van der Waals surface area contributed by atoms with Gasteiger partial charge in [-0.3, -0.25) is 4.90 Å². The van der Waals surface area contributed by atoms with Crippen LogP contribution in [0.2, 0.25) is 0 Å². The van der Waals surface area contributed by atoms with E-state index >= 15 is 0 Å². The van der Waals surface area contributed by atoms with Crippen molar-refractivity contribution < 1.29 is 19.3 Å². The Morgan fingerprint density at radius 3 is 2.50 bits per heavy atom. The Kier molecular flexibility index (Phi) is 5.11. The van der Waals surface area contributed by atoms with E-state index in [1.54, 1.807) is 27.4 Å². The predicted octanol–water partition coefficient (Wildman–Crippen LogP) is 4.34. The van der Waals surface area contributed by atoms with E-state index in [0.717, 1.165) is 42.8 Å². The van der Waals surface area contributed by atoms with E-state index < -0.39 is 0 Å². The predicted molar refractivity (Wildman–Crippen MR) is 110 cm³/mol. The molecule has 5 nitrogen and oxygen atoms in total. The van der Waals surface area contributed by atoms with Crippen molar-refractivity contribution in [2.24, 2.45) is 0 Å². The monoisotopic (exact) mass is 383 g/mol. The Morgan fingerprint density at radius 2 is 1.82 bits per heavy atom. The van der Waals surface area contributed by atoms with Crippen LogP contribution in [0, 0.1) is 0 Å². The number of benzene rings is 2. The average Bonchev–Trinajstić information content (AvgIpc) is 2.72. The first-order valence-corrected chi connectivity index (χ1v) is 10.1. The number of methoxy groups -OCH3 is 3. The van der Waals surface area contributed by atoms with E-state index in [1.807, 2.05) is 6.07 Å². The Labute approximate surface area is 166 Å². The molecule has 5 heteroatoms. The van der Waals surface area contributed by atoms with Crippen molar-refractivity contribution in [2.75, 3.05) is 34.4 Å². The van der Waals surface area contributed by atoms with Gasteiger partial charge in [-0.05, 0) is 54.6 Å². The molecule has 0 fully saturated rings. The molecular formula is C23H29NO4. The molecule has 1 aliphatic carbocycles. The van der Waals surface area contributed by atoms with Gasteiger partial charge in [-0.15, -0.1) is 0 Å². The zero-order valence-corrected chi connectivity index (χ0v) is 17.2. The fourth-order valence-electron chi connectivity index (χ4n) is 4.83. The third kappa shape index (κ3) is 2.80. The molecule has 4 rings (SSSR count). The standard InChI is InChI=1S/C23H29NO4/c1-5-6-10-24-11-9-15-13-18(26-2)23(28-4)21-19(15)16(24)12-14-7-8-17(25)22(27-3)20(14)21/h7-8,13,16,25H,5-6,9-12H2,1-4H3/t16-/m0/s1. The number of rotatable bonds is 6. The van der Waals surface area contributed by atoms with Gasteiger partial charge in [0, 0.05) is 23.7 Å². The fraction of sp³-hybridized carbons (Fsp3) is 0.478. The summed E-state index contributed by atoms with van der Waals surface area (Å²) < 4.78 is 17.1. The molecule has 0 spiro atoms. The highest BCUT2D eigenvalue weighted by molar-refractivity contribution is 5.88. The van der Waals surface area contributed by atoms with E-state index in [9.17, 15) is 5.11 Å². The van der Waals surface area contributed by atoms with Gasteiger partial charge in [0.25, 0.3) is 0 Å². The van der Waals surface area contributed by atoms with Gasteiger partial charge in [-0.25, -0.2) is 0 Å². The second-order valence-electron chi connectivity index (χ2n) is 7.57. The summed E-state index contributed by atoms with van der Waals surface area (Å²) in [5.74, 6) is 2.11. The minimum atomic E-state index is 0.150. The summed E-state index contributed by atoms with van der Waals surface area (Å²) >= 11 is 0. The smallest absolute Gasteiger partial charge is 0.169 e. The van der Waals surface area contributed by atoms with Crippen LogP contribution < -0.4 is 14.2 Å². The highest BCUT2D eigenvalue weighted by Crippen LogP contribution is 2.56. The summed E-state index contributed by atoms with van der Waals surface area (Å²) in [7, 11) is 4.96. The zero-order valence-electron chi connectivity index (χ0n) is 17.2. The lowest BCUT2D eigenvalue weighted by Gasteiger charge is -2.42. The number of hydrogen-bond donors (Lipinski definition) is 1. The maximum Gasteiger partial charge on any atom is 0.169 e. The molecule has 0 radical (unpaired) electrons. The number of fused-ring (bicyclic) bond motifs is 2. The number of ether oxygens (including phenoxy) is 3. The second-order valence-corrected chi connectivity index (χ2v) is 7.57. The minimum absolute atomic E-state index is 0.150. The normalized spacial score (nSPS) is 17.6. The van der Waals surface area contributed by atoms with Gasteiger partial charge in [0.15, 0.2) is 23.0 Å². The van der Waals surface area contributed by atoms with Gasteiger partial charge in [-0.2, -0.15) is 0 Å². The van der Waals surface area contributed by atoms with Crippen LogP contribution in [0.25, 0.3) is 11.1 Å². The van der Waals surface area contributed by atoms with Gasteiger partial charge < -0.3 is 19.3 Å². The third-order valence-corrected chi connectivity index (χ3v) is 6.13. The molecule has 1 N–H and O–H groups in total. The molecule has 2 aromatic rings. The van der Waals surface area contributed by atoms with Gasteiger partial charge in [-0.1, -0.05) is 19.4 Å². The van der Waals surface area contributed by atoms with E-state index in [4.69, 9.17) is 14.2 Å². The number of nitrogens with zero attached hydrogens (tertiary/aromatic N) is 1. The molecule has 28 heavy (non-hydrogen) atoms. The van der Waals surface area contributed by atoms with E-state index in [0.29, 0.717) is 17.5 Å². The number of unbranched alkanes of at least 4 members (excludes halogenated alkanes) is 1. The van der Waals surface area contributed by atoms with Gasteiger partial charge in [0.1, 0.15) is 0 Å². The van der Waals surface area contributed by atoms with Crippen LogP contribution in [0.5, 0.6) is 23.0 Å². The summed E-state index contributed by atoms with van der Waals surface area (Å²) in [4.78, 5) is 2.60. The number of phenolic OH excluding ortho intramolecular Hbond substituents is 1. The molecule has 0 unspecified atom stereocenters. The Bertz CT molecular complexity index is 893. The molecule has 1 aliphatic heterocycles. The Hall–Kier alpha value is -2.40. The summed E-state index contributed by atoms with van der Waals surface area (Å²) in [6.07, 6.45) is 4.28. The summed E-state index contributed by atoms with van der Waals surface area (Å²) in [6, 6.07) is 6.19. The lowest BCUT2D eigenvalue weighted by Crippen LogP contribution is -2.39. The third-order valence-electron chi connectivity index (χ3n) is 6.13. The first kappa shape index (κ1) is 18.9. The SMILES string of the molecule is CCCCN1CCc2cc(OC)c(OC)c3c2[C@@H]1Cc1ccc(O)c(OC)c1-3. The van der Waals surface area contributed by atoms with Crippen LogP contribution in [0.1, 0.15) is 42.5 Å². The van der Waals surface area contributed by atoms with Crippen molar-refractivity contribution in [1.29, 1.82) is 0 Å². The van der Waals surface area contributed by atoms with E-state index in [1.165, 1.54) is 29.5 Å². The van der Waals surface area contributed by atoms with Crippen molar-refractivity contribution in [2.45, 2.75) is 38.6 Å². The maximum atomic E-state index is 10.4. The highest BCUT2D eigenvalue weighted by atomic mass is 16.5. The molecule has 2 aliphatic rings. The van der Waals surface area contributed by atoms with Gasteiger partial charge in [0.05, 0.1) is 21.3 Å². The molecule has 0 aromatic heterocycles. The summed E-state index contributed by atoms with van der Waals surface area (Å²) in [5.41, 5.74) is 5.73. The lowest BCUT2D eigenvalue weighted by atomic mass is 9.76. The summed E-state index contributed by atoms with van der Waals surface area (Å²) in [5, 5.41) is 10.4. The van der Waals surface area contributed by atoms with Crippen LogP contribution in [0.4, 0.5) is 0 Å². The van der Waals surface area contributed by atoms with Crippen molar-refractivity contribution in [3.05, 3.63) is 34.9 Å². The van der Waals surface area contributed by atoms with E-state index in [2.05, 4.69) is 17.9 Å². The molecule has 0 saturated heterocycles. The maximum absolute atomic E-state index is 10.4. The average molecular weight is 383 g/mol. The van der Waals surface area contributed by atoms with Crippen molar-refractivity contribution in [3.8, 4) is 34.1 Å². The molecule has 2 aromatic carbocycles. The first-order chi connectivity index (χ1) is 13.6. The Balaban J connectivity index is 2.01. The molecule has 0 bridgehead atoms. The molecule has 1 heterocycles. The van der Waals surface area contributed by atoms with Crippen LogP contribution >= 0.6 is 0 Å². The number of phenols is 1. The van der Waals surface area contributed by atoms with Crippen LogP contribution in [-0.4, -0.2) is 44.4 Å². The first-order valence-electron chi connectivity index (χ1n) is 10.1. The fourth-order valence-corrected chi connectivity index (χ4v) is 4.83. The minimum Gasteiger partial charge on any atom is -0.504 e. The van der Waals surface area contributed by atoms with Gasteiger partial charge in [0.2, 0.25) is 0 Å². The molecule has 0 saturated carbocycles. The molecule has 150 valence electrons. The van der Waals surface area contributed by atoms with Crippen molar-refractivity contribution in [1.82, 2.24) is 4.90 Å². The molecular weight excluding hydrogens is 354 g/mol. The topological polar surface area (TPSA) is 51.2 Å². The molecule has 0 amide bonds. The van der Waals surface area contributed by atoms with Crippen LogP contribution in [-0.2, 0) is 12.8 Å². The highest BCUT2D eigenvalue weighted by Gasteiger charge is 2.39. The summed E-state index contributed by atoms with van der Waals surface area (Å²) in [6.45, 7) is 4.39. The molecule has 1 atom stereocenters. The zero-order chi connectivity index (χ0) is 19.8. The largest absolute Gasteiger partial charge is 0.504 e. The lowest BCUT2D eigenvalue weighted by molar-refractivity contribution is 0.179. The van der Waals surface area contributed by atoms with Crippen LogP contribution in [0.15, 0.2) is 18.2 Å². The number of aromatic hydroxyl groups is 1. The van der Waals surface area contributed by atoms with Crippen molar-refractivity contribution >= 4 is 0 Å². The van der Waals surface area contributed by atoms with Crippen molar-refractivity contribution in [3.63, 3.8) is 0 Å². The quantitative estimate of drug-likeness (QED) is 0.804. The Morgan fingerprint density at radius 1 is 1.04 bits per heavy atom. The van der Waals surface area contributed by atoms with Gasteiger partial charge >= 0.3 is 0 Å². The number of hydrogen-bond acceptors (Lipinski definition) is 5. The van der Waals surface area contributed by atoms with E-state index in [-0.39, 0.29) is 5.75 Å². The second kappa shape index (κ2) is 7.55.